The summed E-state index contributed by atoms with van der Waals surface area (Å²) in [7, 11) is 0. The van der Waals surface area contributed by atoms with Crippen molar-refractivity contribution in [3.8, 4) is 0 Å². The Bertz CT molecular complexity index is 406. The number of hydrogen-bond donors (Lipinski definition) is 0. The maximum atomic E-state index is 12.6. The van der Waals surface area contributed by atoms with E-state index < -0.39 is 0 Å². The summed E-state index contributed by atoms with van der Waals surface area (Å²) in [6, 6.07) is 0. The lowest BCUT2D eigenvalue weighted by molar-refractivity contribution is -0.139. The van der Waals surface area contributed by atoms with Crippen molar-refractivity contribution >= 4 is 11.8 Å². The summed E-state index contributed by atoms with van der Waals surface area (Å²) in [5.41, 5.74) is 0. The van der Waals surface area contributed by atoms with Gasteiger partial charge in [-0.25, -0.2) is 0 Å². The molecule has 0 bridgehead atoms. The summed E-state index contributed by atoms with van der Waals surface area (Å²) in [6.45, 7) is 5.67. The first-order valence-electron chi connectivity index (χ1n) is 9.53. The van der Waals surface area contributed by atoms with Crippen molar-refractivity contribution in [2.75, 3.05) is 45.8 Å². The normalized spacial score (nSPS) is 24.7. The number of carbonyl (C=O) groups excluding carboxylic acids is 2. The molecule has 2 saturated heterocycles. The van der Waals surface area contributed by atoms with Crippen LogP contribution in [-0.4, -0.2) is 72.3 Å². The molecule has 0 unspecified atom stereocenters. The lowest BCUT2D eigenvalue weighted by Gasteiger charge is -2.37. The highest BCUT2D eigenvalue weighted by Gasteiger charge is 2.29. The summed E-state index contributed by atoms with van der Waals surface area (Å²) < 4.78 is 0. The summed E-state index contributed by atoms with van der Waals surface area (Å²) in [5.74, 6) is 0.911. The first-order chi connectivity index (χ1) is 11.2. The van der Waals surface area contributed by atoms with Gasteiger partial charge in [-0.2, -0.15) is 0 Å². The van der Waals surface area contributed by atoms with Crippen LogP contribution in [0.1, 0.15) is 51.4 Å². The van der Waals surface area contributed by atoms with E-state index in [4.69, 9.17) is 0 Å². The van der Waals surface area contributed by atoms with Crippen LogP contribution in [0, 0.1) is 5.92 Å². The number of carbonyl (C=O) groups is 2. The molecule has 5 heteroatoms. The zero-order valence-corrected chi connectivity index (χ0v) is 14.3. The van der Waals surface area contributed by atoms with E-state index in [0.29, 0.717) is 12.5 Å². The predicted molar refractivity (Wildman–Crippen MR) is 90.0 cm³/mol. The topological polar surface area (TPSA) is 43.9 Å². The van der Waals surface area contributed by atoms with E-state index in [2.05, 4.69) is 4.90 Å². The predicted octanol–water partition coefficient (Wildman–Crippen LogP) is 1.72. The van der Waals surface area contributed by atoms with Crippen LogP contribution in [-0.2, 0) is 9.59 Å². The van der Waals surface area contributed by atoms with E-state index in [-0.39, 0.29) is 11.8 Å². The van der Waals surface area contributed by atoms with Crippen LogP contribution in [0.15, 0.2) is 0 Å². The van der Waals surface area contributed by atoms with Gasteiger partial charge in [-0.1, -0.05) is 19.3 Å². The highest BCUT2D eigenvalue weighted by atomic mass is 16.2. The van der Waals surface area contributed by atoms with Gasteiger partial charge in [0.2, 0.25) is 11.8 Å². The van der Waals surface area contributed by atoms with Crippen molar-refractivity contribution in [2.24, 2.45) is 5.92 Å². The average molecular weight is 321 g/mol. The Morgan fingerprint density at radius 3 is 1.96 bits per heavy atom. The molecule has 0 atom stereocenters. The third-order valence-corrected chi connectivity index (χ3v) is 5.71. The first kappa shape index (κ1) is 16.7. The second-order valence-corrected chi connectivity index (χ2v) is 7.38. The molecule has 130 valence electrons. The van der Waals surface area contributed by atoms with Crippen molar-refractivity contribution in [1.29, 1.82) is 0 Å². The minimum atomic E-state index is 0.269. The van der Waals surface area contributed by atoms with Gasteiger partial charge >= 0.3 is 0 Å². The van der Waals surface area contributed by atoms with Crippen LogP contribution in [0.2, 0.25) is 0 Å². The number of amides is 2. The molecular weight excluding hydrogens is 290 g/mol. The molecule has 3 aliphatic rings. The lowest BCUT2D eigenvalue weighted by Crippen LogP contribution is -2.53. The van der Waals surface area contributed by atoms with Gasteiger partial charge in [0.25, 0.3) is 0 Å². The Hall–Kier alpha value is -1.10. The molecular formula is C18H31N3O2. The van der Waals surface area contributed by atoms with Crippen LogP contribution in [0.4, 0.5) is 0 Å². The lowest BCUT2D eigenvalue weighted by atomic mass is 9.88. The molecule has 0 spiro atoms. The Morgan fingerprint density at radius 1 is 0.696 bits per heavy atom. The van der Waals surface area contributed by atoms with Gasteiger partial charge in [-0.3, -0.25) is 14.5 Å². The molecule has 0 radical (unpaired) electrons. The van der Waals surface area contributed by atoms with E-state index in [1.807, 2.05) is 9.80 Å². The zero-order chi connectivity index (χ0) is 16.1. The van der Waals surface area contributed by atoms with Gasteiger partial charge < -0.3 is 9.80 Å². The molecule has 1 saturated carbocycles. The van der Waals surface area contributed by atoms with Crippen molar-refractivity contribution in [1.82, 2.24) is 14.7 Å². The fourth-order valence-corrected chi connectivity index (χ4v) is 4.17. The monoisotopic (exact) mass is 321 g/mol. The minimum absolute atomic E-state index is 0.269. The van der Waals surface area contributed by atoms with Gasteiger partial charge in [-0.15, -0.1) is 0 Å². The molecule has 2 heterocycles. The van der Waals surface area contributed by atoms with Crippen LogP contribution in [0.3, 0.4) is 0 Å². The molecule has 0 N–H and O–H groups in total. The number of rotatable bonds is 3. The van der Waals surface area contributed by atoms with Gasteiger partial charge in [0.15, 0.2) is 0 Å². The molecule has 3 rings (SSSR count). The van der Waals surface area contributed by atoms with Crippen molar-refractivity contribution in [3.63, 3.8) is 0 Å². The van der Waals surface area contributed by atoms with Crippen LogP contribution in [0.25, 0.3) is 0 Å². The van der Waals surface area contributed by atoms with E-state index in [9.17, 15) is 9.59 Å². The second-order valence-electron chi connectivity index (χ2n) is 7.38. The Balaban J connectivity index is 1.41. The number of piperidine rings is 1. The molecule has 5 nitrogen and oxygen atoms in total. The number of nitrogens with zero attached hydrogens (tertiary/aromatic N) is 3. The maximum absolute atomic E-state index is 12.6. The molecule has 3 fully saturated rings. The van der Waals surface area contributed by atoms with E-state index >= 15 is 0 Å². The Kier molecular flexibility index (Phi) is 5.92. The molecule has 2 aliphatic heterocycles. The van der Waals surface area contributed by atoms with E-state index in [0.717, 1.165) is 65.0 Å². The summed E-state index contributed by atoms with van der Waals surface area (Å²) in [6.07, 6.45) is 9.41. The molecule has 23 heavy (non-hydrogen) atoms. The summed E-state index contributed by atoms with van der Waals surface area (Å²) in [5, 5.41) is 0. The van der Waals surface area contributed by atoms with Crippen LogP contribution >= 0.6 is 0 Å². The quantitative estimate of drug-likeness (QED) is 0.795. The SMILES string of the molecule is O=C(CN1CCN(C(=O)C2CCCCC2)CC1)N1CCCCC1. The highest BCUT2D eigenvalue weighted by Crippen LogP contribution is 2.25. The van der Waals surface area contributed by atoms with E-state index in [1.165, 1.54) is 25.7 Å². The van der Waals surface area contributed by atoms with Crippen molar-refractivity contribution < 1.29 is 9.59 Å². The van der Waals surface area contributed by atoms with Crippen molar-refractivity contribution in [2.45, 2.75) is 51.4 Å². The maximum Gasteiger partial charge on any atom is 0.236 e. The second kappa shape index (κ2) is 8.13. The van der Waals surface area contributed by atoms with Gasteiger partial charge in [0.1, 0.15) is 0 Å². The third-order valence-electron chi connectivity index (χ3n) is 5.71. The molecule has 2 amide bonds. The zero-order valence-electron chi connectivity index (χ0n) is 14.3. The Morgan fingerprint density at radius 2 is 1.30 bits per heavy atom. The molecule has 1 aliphatic carbocycles. The van der Waals surface area contributed by atoms with Crippen molar-refractivity contribution in [3.05, 3.63) is 0 Å². The van der Waals surface area contributed by atoms with Gasteiger partial charge in [-0.05, 0) is 32.1 Å². The summed E-state index contributed by atoms with van der Waals surface area (Å²) >= 11 is 0. The molecule has 0 aromatic carbocycles. The number of likely N-dealkylation sites (tertiary alicyclic amines) is 1. The third kappa shape index (κ3) is 4.46. The number of piperazine rings is 1. The fourth-order valence-electron chi connectivity index (χ4n) is 4.17. The Labute approximate surface area is 140 Å². The minimum Gasteiger partial charge on any atom is -0.342 e. The first-order valence-corrected chi connectivity index (χ1v) is 9.53. The largest absolute Gasteiger partial charge is 0.342 e. The van der Waals surface area contributed by atoms with E-state index in [1.54, 1.807) is 0 Å². The molecule has 0 aromatic heterocycles. The highest BCUT2D eigenvalue weighted by molar-refractivity contribution is 5.79. The molecule has 0 aromatic rings. The number of hydrogen-bond acceptors (Lipinski definition) is 3. The van der Waals surface area contributed by atoms with Crippen LogP contribution in [0.5, 0.6) is 0 Å². The van der Waals surface area contributed by atoms with Crippen LogP contribution < -0.4 is 0 Å². The standard InChI is InChI=1S/C18H31N3O2/c22-17(20-9-5-2-6-10-20)15-19-11-13-21(14-12-19)18(23)16-7-3-1-4-8-16/h16H,1-15H2. The summed E-state index contributed by atoms with van der Waals surface area (Å²) in [4.78, 5) is 31.2. The van der Waals surface area contributed by atoms with Gasteiger partial charge in [0.05, 0.1) is 6.54 Å². The average Bonchev–Trinajstić information content (AvgIpc) is 2.63. The van der Waals surface area contributed by atoms with Gasteiger partial charge in [0, 0.05) is 45.2 Å². The fraction of sp³-hybridized carbons (Fsp3) is 0.889. The smallest absolute Gasteiger partial charge is 0.236 e.